The fraction of sp³-hybridized carbons (Fsp3) is 0.200. The van der Waals surface area contributed by atoms with Gasteiger partial charge in [0.1, 0.15) is 9.54 Å². The summed E-state index contributed by atoms with van der Waals surface area (Å²) in [5.74, 6) is 0.881. The minimum atomic E-state index is 0.881. The van der Waals surface area contributed by atoms with Gasteiger partial charge in [-0.3, -0.25) is 0 Å². The van der Waals surface area contributed by atoms with Crippen molar-refractivity contribution >= 4 is 43.2 Å². The van der Waals surface area contributed by atoms with E-state index in [1.54, 1.807) is 18.4 Å². The third-order valence-electron chi connectivity index (χ3n) is 0.845. The molecule has 9 heavy (non-hydrogen) atoms. The standard InChI is InChI=1S/C5H4Br2OS/c1-8-3-2-4(6)9-5(3)7/h2H,1H3. The number of thiophene rings is 1. The van der Waals surface area contributed by atoms with Crippen molar-refractivity contribution in [3.63, 3.8) is 0 Å². The van der Waals surface area contributed by atoms with Crippen molar-refractivity contribution in [2.45, 2.75) is 0 Å². The zero-order valence-corrected chi connectivity index (χ0v) is 8.64. The Labute approximate surface area is 74.3 Å². The second kappa shape index (κ2) is 3.03. The first-order valence-electron chi connectivity index (χ1n) is 2.23. The van der Waals surface area contributed by atoms with Gasteiger partial charge in [-0.2, -0.15) is 0 Å². The normalized spacial score (nSPS) is 9.67. The summed E-state index contributed by atoms with van der Waals surface area (Å²) in [5, 5.41) is 0. The molecule has 0 atom stereocenters. The maximum absolute atomic E-state index is 5.00. The lowest BCUT2D eigenvalue weighted by molar-refractivity contribution is 0.414. The van der Waals surface area contributed by atoms with Crippen LogP contribution in [0.3, 0.4) is 0 Å². The van der Waals surface area contributed by atoms with Crippen LogP contribution in [-0.4, -0.2) is 7.11 Å². The first-order chi connectivity index (χ1) is 4.24. The molecule has 0 aliphatic carbocycles. The molecule has 0 amide bonds. The Morgan fingerprint density at radius 2 is 2.22 bits per heavy atom. The van der Waals surface area contributed by atoms with E-state index < -0.39 is 0 Å². The van der Waals surface area contributed by atoms with Crippen LogP contribution >= 0.6 is 43.2 Å². The van der Waals surface area contributed by atoms with Gasteiger partial charge in [-0.25, -0.2) is 0 Å². The van der Waals surface area contributed by atoms with Crippen LogP contribution in [0, 0.1) is 0 Å². The van der Waals surface area contributed by atoms with Crippen LogP contribution in [0.5, 0.6) is 5.75 Å². The lowest BCUT2D eigenvalue weighted by atomic mass is 10.6. The van der Waals surface area contributed by atoms with Crippen LogP contribution in [0.25, 0.3) is 0 Å². The molecule has 0 aliphatic rings. The highest BCUT2D eigenvalue weighted by Crippen LogP contribution is 2.36. The smallest absolute Gasteiger partial charge is 0.145 e. The lowest BCUT2D eigenvalue weighted by Gasteiger charge is -1.91. The highest BCUT2D eigenvalue weighted by molar-refractivity contribution is 9.12. The number of ether oxygens (including phenoxy) is 1. The van der Waals surface area contributed by atoms with Gasteiger partial charge in [0, 0.05) is 6.07 Å². The minimum Gasteiger partial charge on any atom is -0.495 e. The van der Waals surface area contributed by atoms with Crippen molar-refractivity contribution in [3.05, 3.63) is 13.6 Å². The molecule has 50 valence electrons. The van der Waals surface area contributed by atoms with Gasteiger partial charge in [0.2, 0.25) is 0 Å². The van der Waals surface area contributed by atoms with Crippen molar-refractivity contribution in [2.75, 3.05) is 7.11 Å². The van der Waals surface area contributed by atoms with Crippen LogP contribution in [0.1, 0.15) is 0 Å². The van der Waals surface area contributed by atoms with E-state index in [0.29, 0.717) is 0 Å². The van der Waals surface area contributed by atoms with Gasteiger partial charge in [-0.1, -0.05) is 0 Å². The first-order valence-corrected chi connectivity index (χ1v) is 4.63. The number of rotatable bonds is 1. The SMILES string of the molecule is COc1cc(Br)sc1Br. The summed E-state index contributed by atoms with van der Waals surface area (Å²) in [6, 6.07) is 1.93. The Hall–Kier alpha value is 0.460. The van der Waals surface area contributed by atoms with E-state index in [9.17, 15) is 0 Å². The van der Waals surface area contributed by atoms with Crippen molar-refractivity contribution < 1.29 is 4.74 Å². The van der Waals surface area contributed by atoms with E-state index in [4.69, 9.17) is 4.74 Å². The molecule has 1 heterocycles. The Morgan fingerprint density at radius 1 is 1.56 bits per heavy atom. The average Bonchev–Trinajstić information content (AvgIpc) is 2.10. The average molecular weight is 272 g/mol. The molecular formula is C5H4Br2OS. The minimum absolute atomic E-state index is 0.881. The Bertz CT molecular complexity index is 209. The molecule has 4 heteroatoms. The molecule has 1 aromatic rings. The summed E-state index contributed by atoms with van der Waals surface area (Å²) in [6.07, 6.45) is 0. The second-order valence-corrected chi connectivity index (χ2v) is 5.14. The quantitative estimate of drug-likeness (QED) is 0.762. The molecule has 0 saturated heterocycles. The van der Waals surface area contributed by atoms with E-state index in [1.807, 2.05) is 6.07 Å². The van der Waals surface area contributed by atoms with Crippen LogP contribution < -0.4 is 4.74 Å². The van der Waals surface area contributed by atoms with Crippen molar-refractivity contribution in [3.8, 4) is 5.75 Å². The number of halogens is 2. The number of hydrogen-bond acceptors (Lipinski definition) is 2. The largest absolute Gasteiger partial charge is 0.495 e. The van der Waals surface area contributed by atoms with Crippen molar-refractivity contribution in [2.24, 2.45) is 0 Å². The first kappa shape index (κ1) is 7.57. The van der Waals surface area contributed by atoms with E-state index in [-0.39, 0.29) is 0 Å². The molecule has 0 bridgehead atoms. The molecule has 0 unspecified atom stereocenters. The van der Waals surface area contributed by atoms with Gasteiger partial charge >= 0.3 is 0 Å². The Kier molecular flexibility index (Phi) is 2.55. The Morgan fingerprint density at radius 3 is 2.44 bits per heavy atom. The molecule has 0 saturated carbocycles. The van der Waals surface area contributed by atoms with E-state index in [1.165, 1.54) is 0 Å². The van der Waals surface area contributed by atoms with E-state index in [0.717, 1.165) is 13.3 Å². The number of hydrogen-bond donors (Lipinski definition) is 0. The fourth-order valence-electron chi connectivity index (χ4n) is 0.464. The second-order valence-electron chi connectivity index (χ2n) is 1.39. The lowest BCUT2D eigenvalue weighted by Crippen LogP contribution is -1.76. The highest BCUT2D eigenvalue weighted by Gasteiger charge is 2.02. The monoisotopic (exact) mass is 270 g/mol. The summed E-state index contributed by atoms with van der Waals surface area (Å²) in [4.78, 5) is 0. The summed E-state index contributed by atoms with van der Waals surface area (Å²) < 4.78 is 7.10. The maximum Gasteiger partial charge on any atom is 0.145 e. The fourth-order valence-corrected chi connectivity index (χ4v) is 3.19. The molecule has 1 aromatic heterocycles. The molecular weight excluding hydrogens is 268 g/mol. The van der Waals surface area contributed by atoms with Gasteiger partial charge in [-0.15, -0.1) is 11.3 Å². The highest BCUT2D eigenvalue weighted by atomic mass is 79.9. The van der Waals surface area contributed by atoms with Gasteiger partial charge in [-0.05, 0) is 31.9 Å². The summed E-state index contributed by atoms with van der Waals surface area (Å²) in [5.41, 5.74) is 0. The van der Waals surface area contributed by atoms with Gasteiger partial charge in [0.15, 0.2) is 0 Å². The third kappa shape index (κ3) is 1.69. The van der Waals surface area contributed by atoms with Crippen LogP contribution in [0.2, 0.25) is 0 Å². The van der Waals surface area contributed by atoms with Gasteiger partial charge in [0.05, 0.1) is 10.9 Å². The third-order valence-corrected chi connectivity index (χ3v) is 3.13. The molecule has 0 radical (unpaired) electrons. The predicted molar refractivity (Wildman–Crippen MR) is 46.3 cm³/mol. The van der Waals surface area contributed by atoms with Crippen LogP contribution in [0.15, 0.2) is 13.6 Å². The molecule has 0 aliphatic heterocycles. The predicted octanol–water partition coefficient (Wildman–Crippen LogP) is 3.28. The topological polar surface area (TPSA) is 9.23 Å². The van der Waals surface area contributed by atoms with Crippen molar-refractivity contribution in [1.82, 2.24) is 0 Å². The van der Waals surface area contributed by atoms with E-state index in [2.05, 4.69) is 31.9 Å². The summed E-state index contributed by atoms with van der Waals surface area (Å²) in [6.45, 7) is 0. The summed E-state index contributed by atoms with van der Waals surface area (Å²) in [7, 11) is 1.65. The molecule has 0 spiro atoms. The summed E-state index contributed by atoms with van der Waals surface area (Å²) >= 11 is 8.28. The molecule has 0 N–H and O–H groups in total. The maximum atomic E-state index is 5.00. The molecule has 1 rings (SSSR count). The van der Waals surface area contributed by atoms with Gasteiger partial charge < -0.3 is 4.74 Å². The van der Waals surface area contributed by atoms with Crippen LogP contribution in [-0.2, 0) is 0 Å². The zero-order valence-electron chi connectivity index (χ0n) is 4.65. The van der Waals surface area contributed by atoms with Crippen LogP contribution in [0.4, 0.5) is 0 Å². The molecule has 0 aromatic carbocycles. The van der Waals surface area contributed by atoms with E-state index >= 15 is 0 Å². The Balaban J connectivity index is 3.01. The molecule has 1 nitrogen and oxygen atoms in total. The van der Waals surface area contributed by atoms with Gasteiger partial charge in [0.25, 0.3) is 0 Å². The molecule has 0 fully saturated rings. The zero-order chi connectivity index (χ0) is 6.85. The number of methoxy groups -OCH3 is 1. The van der Waals surface area contributed by atoms with Crippen molar-refractivity contribution in [1.29, 1.82) is 0 Å².